The molecule has 0 radical (unpaired) electrons. The molecule has 1 saturated carbocycles. The average molecular weight is 164 g/mol. The van der Waals surface area contributed by atoms with Crippen molar-refractivity contribution < 1.29 is 5.11 Å². The Labute approximate surface area is 74.5 Å². The Hall–Kier alpha value is -0.740. The first-order valence-corrected chi connectivity index (χ1v) is 4.61. The third-order valence-corrected chi connectivity index (χ3v) is 2.26. The van der Waals surface area contributed by atoms with Gasteiger partial charge in [0.1, 0.15) is 6.10 Å². The molecule has 0 heterocycles. The molecule has 0 aliphatic heterocycles. The van der Waals surface area contributed by atoms with Crippen molar-refractivity contribution in [3.63, 3.8) is 0 Å². The summed E-state index contributed by atoms with van der Waals surface area (Å²) in [5.74, 6) is 6.07. The van der Waals surface area contributed by atoms with Gasteiger partial charge in [-0.25, -0.2) is 0 Å². The molecule has 0 bridgehead atoms. The van der Waals surface area contributed by atoms with Gasteiger partial charge in [-0.1, -0.05) is 24.8 Å². The van der Waals surface area contributed by atoms with E-state index in [1.54, 1.807) is 6.92 Å². The molecule has 0 aromatic rings. The lowest BCUT2D eigenvalue weighted by molar-refractivity contribution is 0.279. The van der Waals surface area contributed by atoms with E-state index >= 15 is 0 Å². The summed E-state index contributed by atoms with van der Waals surface area (Å²) in [6.45, 7) is 1.74. The van der Waals surface area contributed by atoms with Crippen LogP contribution in [0.2, 0.25) is 0 Å². The molecule has 0 saturated heterocycles. The van der Waals surface area contributed by atoms with Crippen LogP contribution in [-0.4, -0.2) is 11.2 Å². The topological polar surface area (TPSA) is 20.2 Å². The Bertz CT molecular complexity index is 201. The lowest BCUT2D eigenvalue weighted by Crippen LogP contribution is -1.98. The highest BCUT2D eigenvalue weighted by Gasteiger charge is 2.11. The van der Waals surface area contributed by atoms with Gasteiger partial charge in [0.15, 0.2) is 0 Å². The van der Waals surface area contributed by atoms with Crippen molar-refractivity contribution >= 4 is 0 Å². The molecule has 0 spiro atoms. The van der Waals surface area contributed by atoms with E-state index in [0.717, 1.165) is 0 Å². The number of rotatable bonds is 2. The van der Waals surface area contributed by atoms with Gasteiger partial charge in [0.05, 0.1) is 0 Å². The smallest absolute Gasteiger partial charge is 0.133 e. The van der Waals surface area contributed by atoms with Gasteiger partial charge in [0.2, 0.25) is 0 Å². The number of hydrogen-bond donors (Lipinski definition) is 1. The summed E-state index contributed by atoms with van der Waals surface area (Å²) in [5.41, 5.74) is 0. The first kappa shape index (κ1) is 9.35. The molecular weight excluding hydrogens is 148 g/mol. The minimum Gasteiger partial charge on any atom is -0.377 e. The van der Waals surface area contributed by atoms with Gasteiger partial charge in [0, 0.05) is 0 Å². The van der Waals surface area contributed by atoms with Gasteiger partial charge in [0.25, 0.3) is 0 Å². The highest BCUT2D eigenvalue weighted by molar-refractivity contribution is 5.11. The largest absolute Gasteiger partial charge is 0.377 e. The van der Waals surface area contributed by atoms with Gasteiger partial charge in [-0.15, -0.1) is 5.92 Å². The highest BCUT2D eigenvalue weighted by Crippen LogP contribution is 2.25. The molecular formula is C11H16O. The normalized spacial score (nSPS) is 20.8. The van der Waals surface area contributed by atoms with Crippen molar-refractivity contribution in [1.29, 1.82) is 0 Å². The summed E-state index contributed by atoms with van der Waals surface area (Å²) in [6.07, 6.45) is 8.60. The van der Waals surface area contributed by atoms with Crippen molar-refractivity contribution in [3.8, 4) is 11.8 Å². The van der Waals surface area contributed by atoms with E-state index in [1.807, 2.05) is 6.08 Å². The predicted molar refractivity (Wildman–Crippen MR) is 50.6 cm³/mol. The van der Waals surface area contributed by atoms with Gasteiger partial charge >= 0.3 is 0 Å². The maximum Gasteiger partial charge on any atom is 0.133 e. The number of hydrogen-bond acceptors (Lipinski definition) is 1. The molecule has 0 amide bonds. The fraction of sp³-hybridized carbons (Fsp3) is 0.636. The molecule has 1 atom stereocenters. The zero-order valence-corrected chi connectivity index (χ0v) is 7.59. The van der Waals surface area contributed by atoms with Crippen LogP contribution in [0.1, 0.15) is 32.6 Å². The number of allylic oxidation sites excluding steroid dienone is 1. The Kier molecular flexibility index (Phi) is 3.90. The lowest BCUT2D eigenvalue weighted by atomic mass is 10.1. The van der Waals surface area contributed by atoms with Crippen LogP contribution in [0.15, 0.2) is 12.2 Å². The fourth-order valence-electron chi connectivity index (χ4n) is 1.61. The molecule has 1 nitrogen and oxygen atoms in total. The second-order valence-corrected chi connectivity index (χ2v) is 3.27. The van der Waals surface area contributed by atoms with Crippen LogP contribution < -0.4 is 0 Å². The minimum absolute atomic E-state index is 0.560. The molecule has 1 fully saturated rings. The van der Waals surface area contributed by atoms with Crippen LogP contribution in [0, 0.1) is 17.8 Å². The second kappa shape index (κ2) is 5.00. The third-order valence-electron chi connectivity index (χ3n) is 2.26. The van der Waals surface area contributed by atoms with E-state index in [-0.39, 0.29) is 0 Å². The quantitative estimate of drug-likeness (QED) is 0.489. The van der Waals surface area contributed by atoms with Crippen molar-refractivity contribution in [2.75, 3.05) is 0 Å². The summed E-state index contributed by atoms with van der Waals surface area (Å²) >= 11 is 0. The monoisotopic (exact) mass is 164 g/mol. The van der Waals surface area contributed by atoms with Gasteiger partial charge in [-0.05, 0) is 31.8 Å². The van der Waals surface area contributed by atoms with Crippen molar-refractivity contribution in [3.05, 3.63) is 12.2 Å². The van der Waals surface area contributed by atoms with Crippen molar-refractivity contribution in [2.24, 2.45) is 5.92 Å². The van der Waals surface area contributed by atoms with Gasteiger partial charge < -0.3 is 5.11 Å². The Balaban J connectivity index is 2.31. The van der Waals surface area contributed by atoms with Crippen LogP contribution >= 0.6 is 0 Å². The first-order chi connectivity index (χ1) is 5.83. The summed E-state index contributed by atoms with van der Waals surface area (Å²) in [6, 6.07) is 0. The minimum atomic E-state index is -0.560. The Morgan fingerprint density at radius 1 is 1.42 bits per heavy atom. The van der Waals surface area contributed by atoms with Crippen LogP contribution in [0.5, 0.6) is 0 Å². The average Bonchev–Trinajstić information content (AvgIpc) is 2.53. The third kappa shape index (κ3) is 3.11. The molecule has 12 heavy (non-hydrogen) atoms. The summed E-state index contributed by atoms with van der Waals surface area (Å²) < 4.78 is 0. The van der Waals surface area contributed by atoms with Crippen LogP contribution in [-0.2, 0) is 0 Å². The van der Waals surface area contributed by atoms with E-state index in [4.69, 9.17) is 0 Å². The lowest BCUT2D eigenvalue weighted by Gasteiger charge is -2.00. The molecule has 0 aromatic carbocycles. The zero-order chi connectivity index (χ0) is 8.81. The fourth-order valence-corrected chi connectivity index (χ4v) is 1.61. The number of aliphatic hydroxyl groups excluding tert-OH is 1. The molecule has 1 aliphatic rings. The van der Waals surface area contributed by atoms with E-state index < -0.39 is 6.10 Å². The Morgan fingerprint density at radius 2 is 2.08 bits per heavy atom. The van der Waals surface area contributed by atoms with Crippen LogP contribution in [0.3, 0.4) is 0 Å². The van der Waals surface area contributed by atoms with Crippen LogP contribution in [0.4, 0.5) is 0 Å². The first-order valence-electron chi connectivity index (χ1n) is 4.61. The second-order valence-electron chi connectivity index (χ2n) is 3.27. The zero-order valence-electron chi connectivity index (χ0n) is 7.59. The predicted octanol–water partition coefficient (Wildman–Crippen LogP) is 2.12. The summed E-state index contributed by atoms with van der Waals surface area (Å²) in [5, 5.41) is 9.25. The molecule has 1 aliphatic carbocycles. The highest BCUT2D eigenvalue weighted by atomic mass is 16.3. The van der Waals surface area contributed by atoms with Gasteiger partial charge in [-0.2, -0.15) is 0 Å². The standard InChI is InChI=1S/C11H16O/c1-2-5-11(12)9-8-10-6-3-4-7-10/h8-12H,3-4,6-7H2,1H3/b9-8-. The molecule has 0 aromatic heterocycles. The van der Waals surface area contributed by atoms with Gasteiger partial charge in [-0.3, -0.25) is 0 Å². The maximum atomic E-state index is 9.25. The number of aliphatic hydroxyl groups is 1. The Morgan fingerprint density at radius 3 is 2.67 bits per heavy atom. The maximum absolute atomic E-state index is 9.25. The van der Waals surface area contributed by atoms with E-state index in [0.29, 0.717) is 5.92 Å². The van der Waals surface area contributed by atoms with E-state index in [1.165, 1.54) is 25.7 Å². The van der Waals surface area contributed by atoms with E-state index in [2.05, 4.69) is 17.9 Å². The van der Waals surface area contributed by atoms with E-state index in [9.17, 15) is 5.11 Å². The van der Waals surface area contributed by atoms with Crippen molar-refractivity contribution in [2.45, 2.75) is 38.7 Å². The molecule has 1 rings (SSSR count). The molecule has 1 unspecified atom stereocenters. The molecule has 1 heteroatoms. The molecule has 1 N–H and O–H groups in total. The summed E-state index contributed by atoms with van der Waals surface area (Å²) in [7, 11) is 0. The van der Waals surface area contributed by atoms with Crippen LogP contribution in [0.25, 0.3) is 0 Å². The SMILES string of the molecule is CC#CC(O)/C=C\C1CCCC1. The molecule has 66 valence electrons. The summed E-state index contributed by atoms with van der Waals surface area (Å²) in [4.78, 5) is 0. The van der Waals surface area contributed by atoms with Crippen molar-refractivity contribution in [1.82, 2.24) is 0 Å².